The van der Waals surface area contributed by atoms with Gasteiger partial charge in [0.25, 0.3) is 5.56 Å². The molecule has 0 spiro atoms. The smallest absolute Gasteiger partial charge is 0.386 e. The molecule has 3 aliphatic heterocycles. The number of nitrogens with one attached hydrogen (secondary N) is 1. The fourth-order valence-corrected chi connectivity index (χ4v) is 8.91. The molecule has 0 radical (unpaired) electrons. The van der Waals surface area contributed by atoms with E-state index in [0.29, 0.717) is 17.0 Å². The average Bonchev–Trinajstić information content (AvgIpc) is 3.71. The Morgan fingerprint density at radius 3 is 2.72 bits per heavy atom. The highest BCUT2D eigenvalue weighted by Crippen LogP contribution is 2.60. The summed E-state index contributed by atoms with van der Waals surface area (Å²) >= 11 is 14.4. The Balaban J connectivity index is 1.17. The first-order chi connectivity index (χ1) is 20.5. The van der Waals surface area contributed by atoms with E-state index in [0.717, 1.165) is 0 Å². The minimum atomic E-state index is -3.93. The SMILES string of the molecule is Nc1nc2c(ncn2[C@@H]2O[C@@H]3COP(=O)(S)O[C@H]4C[C@H](c5cnc6c(N)ccnn56)O[C@@H]4COP(=S)(S)O[C@@H]2C3)c(=O)[nH]1. The number of hydrogen-bond acceptors (Lipinski definition) is 15. The number of H-pyrrole nitrogens is 1. The standard InChI is InChI=1S/C21H25N9O8P2S3/c22-10-1-2-26-30-11(5-24-17(10)30)12-4-13-15(36-12)7-34-40(42,43)38-14-3-9(6-33-39(32,41)37-13)35-20(14)29-8-25-16-18(29)27-21(23)28-19(16)31/h1-2,5,8-9,12-15,20H,3-4,6-7,22H2,(H,32,41)(H,42,43)(H3,23,27,28,31)/t9-,12+,13-,14+,15+,20+,39?/m0/s1. The zero-order valence-corrected chi connectivity index (χ0v) is 26.3. The molecule has 0 aromatic carbocycles. The van der Waals surface area contributed by atoms with E-state index in [1.165, 1.54) is 10.9 Å². The zero-order chi connectivity index (χ0) is 30.1. The Labute approximate surface area is 257 Å². The molecule has 17 nitrogen and oxygen atoms in total. The number of thiol groups is 2. The predicted molar refractivity (Wildman–Crippen MR) is 162 cm³/mol. The molecule has 2 unspecified atom stereocenters. The van der Waals surface area contributed by atoms with Crippen molar-refractivity contribution in [3.05, 3.63) is 40.8 Å². The first-order valence-electron chi connectivity index (χ1n) is 12.9. The van der Waals surface area contributed by atoms with Crippen molar-refractivity contribution in [2.45, 2.75) is 49.6 Å². The molecule has 43 heavy (non-hydrogen) atoms. The summed E-state index contributed by atoms with van der Waals surface area (Å²) in [6.45, 7) is -4.19. The maximum Gasteiger partial charge on any atom is 0.386 e. The Bertz CT molecular complexity index is 1870. The molecule has 0 saturated carbocycles. The number of rotatable bonds is 2. The van der Waals surface area contributed by atoms with Gasteiger partial charge in [-0.25, -0.2) is 19.0 Å². The Kier molecular flexibility index (Phi) is 7.62. The van der Waals surface area contributed by atoms with Crippen LogP contribution in [0.2, 0.25) is 0 Å². The van der Waals surface area contributed by atoms with Crippen LogP contribution in [0, 0.1) is 0 Å². The number of imidazole rings is 2. The van der Waals surface area contributed by atoms with Crippen molar-refractivity contribution in [3.63, 3.8) is 0 Å². The van der Waals surface area contributed by atoms with E-state index in [2.05, 4.69) is 49.5 Å². The van der Waals surface area contributed by atoms with Crippen LogP contribution in [0.1, 0.15) is 30.9 Å². The number of nitrogens with two attached hydrogens (primary N) is 2. The molecule has 7 rings (SSSR count). The van der Waals surface area contributed by atoms with Crippen molar-refractivity contribution >= 4 is 77.2 Å². The summed E-state index contributed by atoms with van der Waals surface area (Å²) in [4.78, 5) is 27.5. The van der Waals surface area contributed by atoms with E-state index in [-0.39, 0.29) is 43.2 Å². The summed E-state index contributed by atoms with van der Waals surface area (Å²) in [5.74, 6) is -0.0971. The van der Waals surface area contributed by atoms with E-state index in [4.69, 9.17) is 50.8 Å². The summed E-state index contributed by atoms with van der Waals surface area (Å²) in [6.07, 6.45) is 0.725. The van der Waals surface area contributed by atoms with Crippen LogP contribution in [0.15, 0.2) is 29.6 Å². The Morgan fingerprint density at radius 1 is 1.05 bits per heavy atom. The van der Waals surface area contributed by atoms with Crippen LogP contribution in [0.25, 0.3) is 16.8 Å². The summed E-state index contributed by atoms with van der Waals surface area (Å²) in [5.41, 5.74) is 9.83. The third-order valence-corrected chi connectivity index (χ3v) is 11.1. The van der Waals surface area contributed by atoms with Gasteiger partial charge in [0.1, 0.15) is 18.3 Å². The summed E-state index contributed by atoms with van der Waals surface area (Å²) in [6, 6.07) is 1.64. The van der Waals surface area contributed by atoms with Gasteiger partial charge in [-0.15, -0.1) is 0 Å². The Morgan fingerprint density at radius 2 is 1.88 bits per heavy atom. The van der Waals surface area contributed by atoms with Gasteiger partial charge in [-0.2, -0.15) is 10.1 Å². The van der Waals surface area contributed by atoms with Gasteiger partial charge in [0.15, 0.2) is 23.0 Å². The third-order valence-electron chi connectivity index (χ3n) is 7.22. The number of ether oxygens (including phenoxy) is 2. The largest absolute Gasteiger partial charge is 0.396 e. The van der Waals surface area contributed by atoms with Gasteiger partial charge < -0.3 is 30.0 Å². The monoisotopic (exact) mass is 689 g/mol. The normalized spacial score (nSPS) is 35.4. The molecule has 3 aliphatic rings. The molecule has 4 aromatic rings. The molecule has 3 fully saturated rings. The third kappa shape index (κ3) is 5.75. The lowest BCUT2D eigenvalue weighted by Crippen LogP contribution is -2.28. The maximum absolute atomic E-state index is 13.4. The van der Waals surface area contributed by atoms with Crippen LogP contribution in [0.5, 0.6) is 0 Å². The summed E-state index contributed by atoms with van der Waals surface area (Å²) < 4.78 is 52.8. The molecular formula is C21H25N9O8P2S3. The van der Waals surface area contributed by atoms with Crippen LogP contribution in [-0.2, 0) is 43.9 Å². The van der Waals surface area contributed by atoms with Gasteiger partial charge in [-0.3, -0.25) is 23.4 Å². The molecule has 0 amide bonds. The van der Waals surface area contributed by atoms with Gasteiger partial charge in [0.2, 0.25) is 11.6 Å². The molecule has 2 bridgehead atoms. The predicted octanol–water partition coefficient (Wildman–Crippen LogP) is 2.15. The number of nitrogen functional groups attached to an aromatic ring is 2. The van der Waals surface area contributed by atoms with Crippen molar-refractivity contribution < 1.29 is 32.1 Å². The molecule has 4 aromatic heterocycles. The van der Waals surface area contributed by atoms with Gasteiger partial charge in [0.05, 0.1) is 55.5 Å². The highest BCUT2D eigenvalue weighted by atomic mass is 32.9. The second-order valence-corrected chi connectivity index (χ2v) is 18.2. The molecule has 7 heterocycles. The average molecular weight is 690 g/mol. The van der Waals surface area contributed by atoms with E-state index in [1.54, 1.807) is 23.0 Å². The first-order valence-corrected chi connectivity index (χ1v) is 19.4. The van der Waals surface area contributed by atoms with E-state index < -0.39 is 54.8 Å². The lowest BCUT2D eigenvalue weighted by atomic mass is 10.1. The zero-order valence-electron chi connectivity index (χ0n) is 21.9. The van der Waals surface area contributed by atoms with Crippen LogP contribution >= 0.6 is 37.0 Å². The second kappa shape index (κ2) is 11.1. The summed E-state index contributed by atoms with van der Waals surface area (Å²) in [5, 5.41) is 4.33. The minimum absolute atomic E-state index is 0.0586. The molecule has 3 saturated heterocycles. The number of anilines is 2. The van der Waals surface area contributed by atoms with Gasteiger partial charge in [-0.05, 0) is 17.9 Å². The van der Waals surface area contributed by atoms with Gasteiger partial charge in [-0.1, -0.05) is 24.5 Å². The molecule has 0 aliphatic carbocycles. The van der Waals surface area contributed by atoms with E-state index >= 15 is 0 Å². The quantitative estimate of drug-likeness (QED) is 0.150. The highest BCUT2D eigenvalue weighted by Gasteiger charge is 2.46. The Hall–Kier alpha value is -2.09. The first kappa shape index (κ1) is 29.6. The minimum Gasteiger partial charge on any atom is -0.396 e. The second-order valence-electron chi connectivity index (χ2n) is 10.1. The fourth-order valence-electron chi connectivity index (χ4n) is 5.36. The lowest BCUT2D eigenvalue weighted by molar-refractivity contribution is -0.0488. The van der Waals surface area contributed by atoms with E-state index in [9.17, 15) is 9.36 Å². The van der Waals surface area contributed by atoms with Crippen molar-refractivity contribution in [3.8, 4) is 0 Å². The van der Waals surface area contributed by atoms with Crippen LogP contribution < -0.4 is 17.0 Å². The number of hydrogen-bond donors (Lipinski definition) is 5. The number of fused-ring (bicyclic) bond motifs is 5. The molecule has 5 N–H and O–H groups in total. The molecule has 22 heteroatoms. The van der Waals surface area contributed by atoms with Crippen LogP contribution in [0.4, 0.5) is 11.6 Å². The topological polar surface area (TPSA) is 218 Å². The van der Waals surface area contributed by atoms with Crippen molar-refractivity contribution in [1.29, 1.82) is 0 Å². The van der Waals surface area contributed by atoms with Crippen LogP contribution in [0.3, 0.4) is 0 Å². The molecule has 230 valence electrons. The maximum atomic E-state index is 13.4. The fraction of sp³-hybridized carbons (Fsp3) is 0.476. The van der Waals surface area contributed by atoms with E-state index in [1.807, 2.05) is 0 Å². The number of aromatic nitrogens is 7. The highest BCUT2D eigenvalue weighted by molar-refractivity contribution is 8.60. The number of aromatic amines is 1. The summed E-state index contributed by atoms with van der Waals surface area (Å²) in [7, 11) is 0. The van der Waals surface area contributed by atoms with Crippen molar-refractivity contribution in [1.82, 2.24) is 34.1 Å². The lowest BCUT2D eigenvalue weighted by Gasteiger charge is -2.27. The molecular weight excluding hydrogens is 664 g/mol. The number of nitrogens with zero attached hydrogens (tertiary/aromatic N) is 6. The van der Waals surface area contributed by atoms with Crippen LogP contribution in [-0.4, -0.2) is 71.7 Å². The van der Waals surface area contributed by atoms with Crippen molar-refractivity contribution in [2.24, 2.45) is 0 Å². The van der Waals surface area contributed by atoms with Gasteiger partial charge >= 0.3 is 6.80 Å². The van der Waals surface area contributed by atoms with Crippen molar-refractivity contribution in [2.75, 3.05) is 24.7 Å². The van der Waals surface area contributed by atoms with Gasteiger partial charge in [0, 0.05) is 12.8 Å². The molecule has 8 atom stereocenters.